The molecule has 1 aliphatic heterocycles. The molecule has 2 N–H and O–H groups in total. The van der Waals surface area contributed by atoms with E-state index in [2.05, 4.69) is 31.2 Å². The van der Waals surface area contributed by atoms with E-state index in [-0.39, 0.29) is 11.3 Å². The van der Waals surface area contributed by atoms with Gasteiger partial charge in [0.2, 0.25) is 0 Å². The van der Waals surface area contributed by atoms with Crippen LogP contribution in [-0.2, 0) is 9.47 Å². The maximum Gasteiger partial charge on any atom is 0.194 e. The second kappa shape index (κ2) is 10.1. The first-order chi connectivity index (χ1) is 15.8. The Morgan fingerprint density at radius 1 is 1.21 bits per heavy atom. The van der Waals surface area contributed by atoms with Gasteiger partial charge in [0.1, 0.15) is 35.5 Å². The Morgan fingerprint density at radius 2 is 1.94 bits per heavy atom. The van der Waals surface area contributed by atoms with Gasteiger partial charge in [-0.05, 0) is 34.1 Å². The van der Waals surface area contributed by atoms with E-state index in [1.807, 2.05) is 6.07 Å². The van der Waals surface area contributed by atoms with Crippen molar-refractivity contribution in [2.24, 2.45) is 0 Å². The van der Waals surface area contributed by atoms with Crippen LogP contribution >= 0.6 is 27.7 Å². The summed E-state index contributed by atoms with van der Waals surface area (Å²) in [6, 6.07) is 2.56. The molecule has 1 saturated heterocycles. The first-order valence-electron chi connectivity index (χ1n) is 9.63. The fourth-order valence-electron chi connectivity index (χ4n) is 3.56. The molecule has 5 unspecified atom stereocenters. The minimum absolute atomic E-state index is 0.0296. The molecule has 13 heteroatoms. The molecule has 0 saturated carbocycles. The summed E-state index contributed by atoms with van der Waals surface area (Å²) < 4.78 is 54.2. The molecule has 8 nitrogen and oxygen atoms in total. The van der Waals surface area contributed by atoms with Crippen LogP contribution in [0.2, 0.25) is 0 Å². The van der Waals surface area contributed by atoms with Crippen molar-refractivity contribution < 1.29 is 32.9 Å². The summed E-state index contributed by atoms with van der Waals surface area (Å²) in [7, 11) is 1.43. The molecule has 0 amide bonds. The van der Waals surface area contributed by atoms with Gasteiger partial charge in [0.25, 0.3) is 0 Å². The largest absolute Gasteiger partial charge is 0.394 e. The van der Waals surface area contributed by atoms with E-state index in [1.54, 1.807) is 12.4 Å². The Morgan fingerprint density at radius 3 is 2.58 bits per heavy atom. The molecule has 2 aromatic heterocycles. The Balaban J connectivity index is 1.67. The molecule has 0 radical (unpaired) electrons. The van der Waals surface area contributed by atoms with E-state index in [0.717, 1.165) is 21.5 Å². The van der Waals surface area contributed by atoms with Gasteiger partial charge in [0.15, 0.2) is 17.5 Å². The Kier molecular flexibility index (Phi) is 7.36. The minimum atomic E-state index is -1.59. The number of nitrogens with zero attached hydrogens (tertiary/aromatic N) is 4. The average Bonchev–Trinajstić information content (AvgIpc) is 3.27. The quantitative estimate of drug-likeness (QED) is 0.455. The summed E-state index contributed by atoms with van der Waals surface area (Å²) in [4.78, 5) is 4.86. The number of rotatable bonds is 6. The predicted molar refractivity (Wildman–Crippen MR) is 115 cm³/mol. The zero-order valence-electron chi connectivity index (χ0n) is 17.0. The molecule has 0 spiro atoms. The summed E-state index contributed by atoms with van der Waals surface area (Å²) in [5, 5.41) is 28.5. The van der Waals surface area contributed by atoms with Gasteiger partial charge >= 0.3 is 0 Å². The maximum atomic E-state index is 13.7. The lowest BCUT2D eigenvalue weighted by atomic mass is 9.97. The third kappa shape index (κ3) is 4.93. The van der Waals surface area contributed by atoms with Gasteiger partial charge in [-0.2, -0.15) is 0 Å². The van der Waals surface area contributed by atoms with E-state index in [9.17, 15) is 23.4 Å². The number of hydrogen-bond donors (Lipinski definition) is 2. The lowest BCUT2D eigenvalue weighted by Crippen LogP contribution is -2.55. The van der Waals surface area contributed by atoms with Crippen LogP contribution in [0.4, 0.5) is 13.2 Å². The number of hydrogen-bond acceptors (Lipinski definition) is 8. The van der Waals surface area contributed by atoms with Crippen molar-refractivity contribution in [3.63, 3.8) is 0 Å². The molecule has 1 aromatic carbocycles. The van der Waals surface area contributed by atoms with Crippen LogP contribution in [0.3, 0.4) is 0 Å². The highest BCUT2D eigenvalue weighted by molar-refractivity contribution is 9.10. The molecule has 4 rings (SSSR count). The molecular weight excluding hydrogens is 529 g/mol. The van der Waals surface area contributed by atoms with Crippen LogP contribution in [0.25, 0.3) is 11.3 Å². The van der Waals surface area contributed by atoms with E-state index in [4.69, 9.17) is 9.47 Å². The van der Waals surface area contributed by atoms with Crippen molar-refractivity contribution in [1.82, 2.24) is 20.0 Å². The van der Waals surface area contributed by atoms with Crippen molar-refractivity contribution in [3.8, 4) is 11.3 Å². The second-order valence-electron chi connectivity index (χ2n) is 7.20. The predicted octanol–water partition coefficient (Wildman–Crippen LogP) is 2.95. The third-order valence-corrected chi connectivity index (χ3v) is 6.66. The Labute approximate surface area is 198 Å². The van der Waals surface area contributed by atoms with E-state index >= 15 is 0 Å². The molecule has 0 bridgehead atoms. The molecule has 0 aliphatic carbocycles. The van der Waals surface area contributed by atoms with Crippen molar-refractivity contribution in [2.75, 3.05) is 13.7 Å². The summed E-state index contributed by atoms with van der Waals surface area (Å²) >= 11 is 4.63. The van der Waals surface area contributed by atoms with Gasteiger partial charge < -0.3 is 19.7 Å². The molecule has 176 valence electrons. The molecule has 5 atom stereocenters. The van der Waals surface area contributed by atoms with Crippen molar-refractivity contribution in [1.29, 1.82) is 0 Å². The molecule has 3 aromatic rings. The van der Waals surface area contributed by atoms with Crippen LogP contribution in [-0.4, -0.2) is 67.7 Å². The fourth-order valence-corrected chi connectivity index (χ4v) is 5.26. The number of methoxy groups -OCH3 is 1. The topological polar surface area (TPSA) is 103 Å². The van der Waals surface area contributed by atoms with Crippen molar-refractivity contribution >= 4 is 27.7 Å². The number of thioether (sulfide) groups is 1. The van der Waals surface area contributed by atoms with Gasteiger partial charge in [-0.3, -0.25) is 4.98 Å². The summed E-state index contributed by atoms with van der Waals surface area (Å²) in [6.45, 7) is -0.474. The zero-order valence-corrected chi connectivity index (χ0v) is 19.4. The van der Waals surface area contributed by atoms with E-state index in [1.165, 1.54) is 29.8 Å². The van der Waals surface area contributed by atoms with Crippen molar-refractivity contribution in [2.45, 2.75) is 34.7 Å². The van der Waals surface area contributed by atoms with Gasteiger partial charge in [-0.25, -0.2) is 17.9 Å². The molecule has 1 aliphatic rings. The van der Waals surface area contributed by atoms with Crippen LogP contribution in [0, 0.1) is 17.5 Å². The maximum absolute atomic E-state index is 13.7. The van der Waals surface area contributed by atoms with Crippen LogP contribution in [0.15, 0.2) is 46.2 Å². The lowest BCUT2D eigenvalue weighted by Gasteiger charge is -2.43. The number of ether oxygens (including phenoxy) is 2. The molecule has 1 fully saturated rings. The third-order valence-electron chi connectivity index (χ3n) is 5.12. The summed E-state index contributed by atoms with van der Waals surface area (Å²) in [6.07, 6.45) is 1.64. The number of halogens is 4. The first-order valence-corrected chi connectivity index (χ1v) is 11.3. The fraction of sp³-hybridized carbons (Fsp3) is 0.350. The SMILES string of the molecule is COC1C(Sc2cncc(Br)c2)OC(CO)C(O)C1n1cc(-c2cc(F)c(F)c(F)c2)nn1. The highest BCUT2D eigenvalue weighted by Crippen LogP contribution is 2.40. The Bertz CT molecular complexity index is 1120. The number of pyridine rings is 1. The number of aromatic nitrogens is 4. The average molecular weight is 547 g/mol. The van der Waals surface area contributed by atoms with Gasteiger partial charge in [0, 0.05) is 34.4 Å². The summed E-state index contributed by atoms with van der Waals surface area (Å²) in [5.74, 6) is -4.31. The minimum Gasteiger partial charge on any atom is -0.394 e. The van der Waals surface area contributed by atoms with Crippen LogP contribution in [0.1, 0.15) is 6.04 Å². The van der Waals surface area contributed by atoms with Crippen LogP contribution in [0.5, 0.6) is 0 Å². The second-order valence-corrected chi connectivity index (χ2v) is 9.29. The first kappa shape index (κ1) is 24.1. The molecular formula is C20H18BrF3N4O4S. The normalized spacial score (nSPS) is 25.4. The molecule has 33 heavy (non-hydrogen) atoms. The van der Waals surface area contributed by atoms with Gasteiger partial charge in [0.05, 0.1) is 12.8 Å². The Hall–Kier alpha value is -2.03. The highest BCUT2D eigenvalue weighted by atomic mass is 79.9. The van der Waals surface area contributed by atoms with E-state index in [0.29, 0.717) is 0 Å². The lowest BCUT2D eigenvalue weighted by molar-refractivity contribution is -0.186. The zero-order chi connectivity index (χ0) is 23.7. The number of aliphatic hydroxyl groups is 2. The standard InChI is InChI=1S/C20H18BrF3N4O4S/c1-31-19-17(28-7-14(26-27-28)9-2-12(22)16(24)13(23)3-9)18(30)15(8-29)32-20(19)33-11-4-10(21)5-25-6-11/h2-7,15,17-20,29-30H,8H2,1H3. The van der Waals surface area contributed by atoms with Crippen LogP contribution < -0.4 is 0 Å². The smallest absolute Gasteiger partial charge is 0.194 e. The number of benzene rings is 1. The van der Waals surface area contributed by atoms with Gasteiger partial charge in [-0.15, -0.1) is 5.10 Å². The number of aliphatic hydroxyl groups excluding tert-OH is 2. The van der Waals surface area contributed by atoms with Gasteiger partial charge in [-0.1, -0.05) is 17.0 Å². The summed E-state index contributed by atoms with van der Waals surface area (Å²) in [5.41, 5.74) is -0.648. The monoisotopic (exact) mass is 546 g/mol. The van der Waals surface area contributed by atoms with E-state index < -0.39 is 53.8 Å². The molecule has 3 heterocycles. The van der Waals surface area contributed by atoms with Crippen molar-refractivity contribution in [3.05, 3.63) is 58.7 Å². The highest BCUT2D eigenvalue weighted by Gasteiger charge is 2.47.